The van der Waals surface area contributed by atoms with Crippen molar-refractivity contribution in [2.45, 2.75) is 11.3 Å². The molecule has 4 rings (SSSR count). The first kappa shape index (κ1) is 20.6. The maximum absolute atomic E-state index is 13.1. The zero-order valence-corrected chi connectivity index (χ0v) is 17.8. The summed E-state index contributed by atoms with van der Waals surface area (Å²) in [6.45, 7) is 1.98. The van der Waals surface area contributed by atoms with E-state index in [0.29, 0.717) is 56.3 Å². The van der Waals surface area contributed by atoms with E-state index in [2.05, 4.69) is 0 Å². The molecule has 2 heterocycles. The third-order valence-electron chi connectivity index (χ3n) is 5.40. The Morgan fingerprint density at radius 3 is 2.27 bits per heavy atom. The van der Waals surface area contributed by atoms with Crippen molar-refractivity contribution in [3.8, 4) is 11.5 Å². The Morgan fingerprint density at radius 1 is 0.967 bits per heavy atom. The number of rotatable bonds is 5. The smallest absolute Gasteiger partial charge is 0.258 e. The van der Waals surface area contributed by atoms with Crippen LogP contribution in [0.15, 0.2) is 41.3 Å². The molecule has 9 heteroatoms. The fourth-order valence-corrected chi connectivity index (χ4v) is 5.23. The van der Waals surface area contributed by atoms with Crippen LogP contribution in [0.25, 0.3) is 0 Å². The van der Waals surface area contributed by atoms with E-state index in [1.165, 1.54) is 18.5 Å². The molecule has 0 aromatic heterocycles. The van der Waals surface area contributed by atoms with Gasteiger partial charge in [0.15, 0.2) is 0 Å². The maximum Gasteiger partial charge on any atom is 0.258 e. The third-order valence-corrected chi connectivity index (χ3v) is 7.29. The SMILES string of the molecule is COc1cc(OC)cc(C(=O)N2CCc3cc(S(=O)(=O)N4CCOCC4)ccc32)c1. The first-order chi connectivity index (χ1) is 14.4. The van der Waals surface area contributed by atoms with E-state index in [4.69, 9.17) is 14.2 Å². The fraction of sp³-hybridized carbons (Fsp3) is 0.381. The summed E-state index contributed by atoms with van der Waals surface area (Å²) in [6, 6.07) is 10.0. The number of hydrogen-bond acceptors (Lipinski definition) is 6. The second kappa shape index (κ2) is 8.25. The largest absolute Gasteiger partial charge is 0.497 e. The van der Waals surface area contributed by atoms with Gasteiger partial charge < -0.3 is 19.1 Å². The van der Waals surface area contributed by atoms with Crippen molar-refractivity contribution in [2.75, 3.05) is 52.0 Å². The molecule has 1 saturated heterocycles. The van der Waals surface area contributed by atoms with E-state index in [1.54, 1.807) is 41.3 Å². The van der Waals surface area contributed by atoms with Crippen LogP contribution in [0.2, 0.25) is 0 Å². The average Bonchev–Trinajstić information content (AvgIpc) is 3.22. The van der Waals surface area contributed by atoms with Gasteiger partial charge in [-0.15, -0.1) is 0 Å². The van der Waals surface area contributed by atoms with Crippen LogP contribution in [0.3, 0.4) is 0 Å². The van der Waals surface area contributed by atoms with E-state index in [-0.39, 0.29) is 10.8 Å². The highest BCUT2D eigenvalue weighted by Gasteiger charge is 2.30. The first-order valence-electron chi connectivity index (χ1n) is 9.70. The predicted octanol–water partition coefficient (Wildman–Crippen LogP) is 1.93. The number of ether oxygens (including phenoxy) is 3. The van der Waals surface area contributed by atoms with Crippen LogP contribution in [0.4, 0.5) is 5.69 Å². The van der Waals surface area contributed by atoms with Crippen LogP contribution >= 0.6 is 0 Å². The lowest BCUT2D eigenvalue weighted by Gasteiger charge is -2.26. The van der Waals surface area contributed by atoms with Crippen molar-refractivity contribution in [1.29, 1.82) is 0 Å². The molecule has 2 aromatic carbocycles. The Labute approximate surface area is 176 Å². The van der Waals surface area contributed by atoms with E-state index < -0.39 is 10.0 Å². The molecule has 0 atom stereocenters. The summed E-state index contributed by atoms with van der Waals surface area (Å²) in [5.74, 6) is 0.878. The molecule has 0 aliphatic carbocycles. The number of fused-ring (bicyclic) bond motifs is 1. The average molecular weight is 432 g/mol. The van der Waals surface area contributed by atoms with E-state index in [1.807, 2.05) is 0 Å². The number of methoxy groups -OCH3 is 2. The molecule has 8 nitrogen and oxygen atoms in total. The number of sulfonamides is 1. The van der Waals surface area contributed by atoms with Crippen molar-refractivity contribution >= 4 is 21.6 Å². The summed E-state index contributed by atoms with van der Waals surface area (Å²) >= 11 is 0. The Balaban J connectivity index is 1.62. The van der Waals surface area contributed by atoms with Gasteiger partial charge in [-0.2, -0.15) is 4.31 Å². The van der Waals surface area contributed by atoms with Crippen LogP contribution in [0.1, 0.15) is 15.9 Å². The van der Waals surface area contributed by atoms with Crippen molar-refractivity contribution in [3.05, 3.63) is 47.5 Å². The highest BCUT2D eigenvalue weighted by Crippen LogP contribution is 2.33. The standard InChI is InChI=1S/C21H24N2O6S/c1-27-17-11-16(12-18(14-17)28-2)21(24)23-6-5-15-13-19(3-4-20(15)23)30(25,26)22-7-9-29-10-8-22/h3-4,11-14H,5-10H2,1-2H3. The minimum atomic E-state index is -3.57. The van der Waals surface area contributed by atoms with E-state index in [9.17, 15) is 13.2 Å². The fourth-order valence-electron chi connectivity index (χ4n) is 3.77. The number of carbonyl (C=O) groups excluding carboxylic acids is 1. The van der Waals surface area contributed by atoms with Gasteiger partial charge in [0.25, 0.3) is 5.91 Å². The van der Waals surface area contributed by atoms with Gasteiger partial charge in [-0.25, -0.2) is 8.42 Å². The van der Waals surface area contributed by atoms with E-state index in [0.717, 1.165) is 11.3 Å². The van der Waals surface area contributed by atoms with Crippen LogP contribution < -0.4 is 14.4 Å². The van der Waals surface area contributed by atoms with Gasteiger partial charge in [-0.3, -0.25) is 4.79 Å². The summed E-state index contributed by atoms with van der Waals surface area (Å²) < 4.78 is 43.1. The number of hydrogen-bond donors (Lipinski definition) is 0. The Bertz CT molecular complexity index is 1040. The summed E-state index contributed by atoms with van der Waals surface area (Å²) in [6.07, 6.45) is 0.592. The molecule has 2 aliphatic rings. The lowest BCUT2D eigenvalue weighted by Crippen LogP contribution is -2.40. The molecule has 2 aromatic rings. The van der Waals surface area contributed by atoms with Crippen molar-refractivity contribution in [3.63, 3.8) is 0 Å². The molecule has 0 bridgehead atoms. The number of carbonyl (C=O) groups is 1. The van der Waals surface area contributed by atoms with Gasteiger partial charge in [-0.1, -0.05) is 0 Å². The van der Waals surface area contributed by atoms with Crippen LogP contribution in [0, 0.1) is 0 Å². The predicted molar refractivity (Wildman–Crippen MR) is 111 cm³/mol. The van der Waals surface area contributed by atoms with E-state index >= 15 is 0 Å². The molecule has 160 valence electrons. The zero-order chi connectivity index (χ0) is 21.3. The quantitative estimate of drug-likeness (QED) is 0.718. The second-order valence-corrected chi connectivity index (χ2v) is 9.05. The van der Waals surface area contributed by atoms with Crippen LogP contribution in [-0.2, 0) is 21.2 Å². The van der Waals surface area contributed by atoms with Gasteiger partial charge in [0, 0.05) is 37.0 Å². The number of anilines is 1. The normalized spacial score (nSPS) is 16.9. The number of amides is 1. The van der Waals surface area contributed by atoms with Gasteiger partial charge >= 0.3 is 0 Å². The third kappa shape index (κ3) is 3.76. The Kier molecular flexibility index (Phi) is 5.68. The molecule has 0 radical (unpaired) electrons. The van der Waals surface area contributed by atoms with Crippen LogP contribution in [-0.4, -0.2) is 65.7 Å². The Hall–Kier alpha value is -2.62. The molecule has 0 N–H and O–H groups in total. The summed E-state index contributed by atoms with van der Waals surface area (Å²) in [4.78, 5) is 15.1. The minimum Gasteiger partial charge on any atom is -0.497 e. The molecule has 1 amide bonds. The first-order valence-corrected chi connectivity index (χ1v) is 11.1. The number of benzene rings is 2. The van der Waals surface area contributed by atoms with Crippen molar-refractivity contribution in [2.24, 2.45) is 0 Å². The number of nitrogens with zero attached hydrogens (tertiary/aromatic N) is 2. The number of morpholine rings is 1. The topological polar surface area (TPSA) is 85.4 Å². The highest BCUT2D eigenvalue weighted by atomic mass is 32.2. The zero-order valence-electron chi connectivity index (χ0n) is 17.0. The molecule has 30 heavy (non-hydrogen) atoms. The molecule has 0 unspecified atom stereocenters. The lowest BCUT2D eigenvalue weighted by molar-refractivity contribution is 0.0730. The highest BCUT2D eigenvalue weighted by molar-refractivity contribution is 7.89. The second-order valence-electron chi connectivity index (χ2n) is 7.12. The molecule has 0 spiro atoms. The van der Waals surface area contributed by atoms with Gasteiger partial charge in [0.1, 0.15) is 11.5 Å². The Morgan fingerprint density at radius 2 is 1.63 bits per heavy atom. The molecule has 1 fully saturated rings. The molecular formula is C21H24N2O6S. The molecule has 0 saturated carbocycles. The molecular weight excluding hydrogens is 408 g/mol. The van der Waals surface area contributed by atoms with Gasteiger partial charge in [0.05, 0.1) is 32.3 Å². The molecule has 2 aliphatic heterocycles. The minimum absolute atomic E-state index is 0.185. The monoisotopic (exact) mass is 432 g/mol. The summed E-state index contributed by atoms with van der Waals surface area (Å²) in [5, 5.41) is 0. The van der Waals surface area contributed by atoms with Gasteiger partial charge in [-0.05, 0) is 42.3 Å². The lowest BCUT2D eigenvalue weighted by atomic mass is 10.1. The van der Waals surface area contributed by atoms with Gasteiger partial charge in [0.2, 0.25) is 10.0 Å². The van der Waals surface area contributed by atoms with Crippen molar-refractivity contribution < 1.29 is 27.4 Å². The van der Waals surface area contributed by atoms with Crippen molar-refractivity contribution in [1.82, 2.24) is 4.31 Å². The summed E-state index contributed by atoms with van der Waals surface area (Å²) in [7, 11) is -0.510. The summed E-state index contributed by atoms with van der Waals surface area (Å²) in [5.41, 5.74) is 2.01. The maximum atomic E-state index is 13.1. The van der Waals surface area contributed by atoms with Crippen LogP contribution in [0.5, 0.6) is 11.5 Å².